The highest BCUT2D eigenvalue weighted by molar-refractivity contribution is 7.10. The van der Waals surface area contributed by atoms with Crippen molar-refractivity contribution in [2.75, 3.05) is 34.1 Å². The molecule has 5 heterocycles. The SMILES string of the molecule is [2H]C1([2H])Oc2cc3c(cc2O1)[C@@]([2H])(c1cc(OC)c(O)c(OC)c1)[C@H]1C(=O)OC[C@@H]1[C@@H]3O[C@@H]1O[C@H]2[C@@H](O[C@H](c3cccs3)OC2([2H])[2H])[C@H](O)C1O. The summed E-state index contributed by atoms with van der Waals surface area (Å²) < 4.78 is 94.4. The quantitative estimate of drug-likeness (QED) is 0.331. The van der Waals surface area contributed by atoms with Crippen LogP contribution in [0.25, 0.3) is 0 Å². The normalized spacial score (nSPS) is 39.7. The molecule has 0 amide bonds. The number of fused-ring (bicyclic) bond motifs is 4. The van der Waals surface area contributed by atoms with E-state index in [1.165, 1.54) is 49.8 Å². The number of carbonyl (C=O) groups excluding carboxylic acids is 1. The number of phenols is 1. The summed E-state index contributed by atoms with van der Waals surface area (Å²) in [6, 6.07) is 8.91. The topological polar surface area (TPSA) is 161 Å². The number of esters is 1. The molecular weight excluding hydrogens is 624 g/mol. The van der Waals surface area contributed by atoms with Crippen molar-refractivity contribution in [1.29, 1.82) is 0 Å². The molecule has 0 spiro atoms. The molecule has 4 aliphatic heterocycles. The zero-order valence-corrected chi connectivity index (χ0v) is 25.1. The van der Waals surface area contributed by atoms with Crippen LogP contribution in [0.2, 0.25) is 0 Å². The van der Waals surface area contributed by atoms with E-state index in [1.54, 1.807) is 17.5 Å². The maximum absolute atomic E-state index is 13.6. The number of methoxy groups -OCH3 is 2. The Kier molecular flexibility index (Phi) is 6.16. The molecule has 10 atom stereocenters. The van der Waals surface area contributed by atoms with Gasteiger partial charge in [0.25, 0.3) is 0 Å². The minimum absolute atomic E-state index is 0.0468. The Morgan fingerprint density at radius 2 is 1.74 bits per heavy atom. The number of hydrogen-bond acceptors (Lipinski definition) is 14. The van der Waals surface area contributed by atoms with Gasteiger partial charge in [-0.2, -0.15) is 0 Å². The lowest BCUT2D eigenvalue weighted by Gasteiger charge is -2.48. The number of hydrogen-bond donors (Lipinski definition) is 3. The largest absolute Gasteiger partial charge is 0.502 e. The third kappa shape index (κ3) is 4.70. The highest BCUT2D eigenvalue weighted by atomic mass is 32.1. The molecular formula is C32H32O13S. The molecule has 1 unspecified atom stereocenters. The molecule has 14 heteroatoms. The fraction of sp³-hybridized carbons (Fsp3) is 0.469. The lowest BCUT2D eigenvalue weighted by Crippen LogP contribution is -2.62. The van der Waals surface area contributed by atoms with Crippen LogP contribution in [-0.2, 0) is 28.5 Å². The van der Waals surface area contributed by atoms with Crippen molar-refractivity contribution in [2.24, 2.45) is 11.8 Å². The van der Waals surface area contributed by atoms with Gasteiger partial charge in [0.2, 0.25) is 12.5 Å². The highest BCUT2D eigenvalue weighted by Crippen LogP contribution is 2.57. The number of aromatic hydroxyl groups is 1. The molecule has 8 rings (SSSR count). The van der Waals surface area contributed by atoms with Crippen LogP contribution in [0.15, 0.2) is 41.8 Å². The van der Waals surface area contributed by atoms with Crippen LogP contribution in [0.5, 0.6) is 28.7 Å². The molecule has 0 saturated carbocycles. The van der Waals surface area contributed by atoms with E-state index in [9.17, 15) is 21.5 Å². The second-order valence-electron chi connectivity index (χ2n) is 11.2. The minimum atomic E-state index is -2.57. The third-order valence-electron chi connectivity index (χ3n) is 8.78. The van der Waals surface area contributed by atoms with Crippen LogP contribution >= 0.6 is 11.3 Å². The van der Waals surface area contributed by atoms with Gasteiger partial charge in [-0.15, -0.1) is 11.3 Å². The lowest BCUT2D eigenvalue weighted by molar-refractivity contribution is -0.368. The maximum atomic E-state index is 13.6. The van der Waals surface area contributed by atoms with E-state index < -0.39 is 80.1 Å². The molecule has 5 aliphatic rings. The summed E-state index contributed by atoms with van der Waals surface area (Å²) in [6.07, 6.45) is -10.6. The number of benzene rings is 2. The predicted octanol–water partition coefficient (Wildman–Crippen LogP) is 2.75. The Bertz CT molecular complexity index is 1840. The van der Waals surface area contributed by atoms with Crippen molar-refractivity contribution in [3.63, 3.8) is 0 Å². The first kappa shape index (κ1) is 24.5. The summed E-state index contributed by atoms with van der Waals surface area (Å²) in [6.45, 7) is -5.35. The molecule has 0 bridgehead atoms. The molecule has 3 saturated heterocycles. The first-order valence-corrected chi connectivity index (χ1v) is 15.3. The summed E-state index contributed by atoms with van der Waals surface area (Å²) in [7, 11) is 2.61. The summed E-state index contributed by atoms with van der Waals surface area (Å²) in [5.41, 5.74) is 0.422. The fourth-order valence-corrected chi connectivity index (χ4v) is 7.28. The standard InChI is InChI=1S/C32H32O13S/c1-37-19-6-13(7-20(38-2)25(19)33)23-14-8-17-18(42-12-41-17)9-15(14)28(16-10-39-30(36)24(16)23)44-32-27(35)26(34)29-21(43-32)11-40-31(45-29)22-4-3-5-46-22/h3-9,16,21,23-24,26-29,31-35H,10-12H2,1-2H3/t16-,21+,23+,24-,26+,27?,28+,29+,31+,32-/m0/s1/i11D2,12D2,23D. The Morgan fingerprint density at radius 1 is 1.00 bits per heavy atom. The average molecular weight is 662 g/mol. The number of aliphatic hydroxyl groups is 2. The first-order chi connectivity index (χ1) is 24.2. The van der Waals surface area contributed by atoms with E-state index in [0.717, 1.165) is 0 Å². The summed E-state index contributed by atoms with van der Waals surface area (Å²) in [5.74, 6) is -5.64. The molecule has 2 aromatic carbocycles. The van der Waals surface area contributed by atoms with Crippen LogP contribution in [0, 0.1) is 11.8 Å². The first-order valence-electron chi connectivity index (χ1n) is 16.9. The molecule has 244 valence electrons. The van der Waals surface area contributed by atoms with Crippen molar-refractivity contribution < 1.29 is 69.6 Å². The Balaban J connectivity index is 1.22. The van der Waals surface area contributed by atoms with E-state index in [-0.39, 0.29) is 52.0 Å². The summed E-state index contributed by atoms with van der Waals surface area (Å²) in [4.78, 5) is 14.2. The van der Waals surface area contributed by atoms with Crippen LogP contribution in [-0.4, -0.2) is 86.1 Å². The second kappa shape index (κ2) is 11.6. The molecule has 1 aliphatic carbocycles. The number of carbonyl (C=O) groups is 1. The molecule has 3 aromatic rings. The van der Waals surface area contributed by atoms with Gasteiger partial charge in [-0.3, -0.25) is 4.79 Å². The number of phenolic OH excluding ortho intramolecular Hbond substituents is 1. The maximum Gasteiger partial charge on any atom is 0.310 e. The van der Waals surface area contributed by atoms with Gasteiger partial charge in [0, 0.05) is 13.2 Å². The van der Waals surface area contributed by atoms with Crippen LogP contribution in [0.3, 0.4) is 0 Å². The van der Waals surface area contributed by atoms with E-state index in [2.05, 4.69) is 0 Å². The summed E-state index contributed by atoms with van der Waals surface area (Å²) in [5, 5.41) is 35.1. The van der Waals surface area contributed by atoms with Crippen LogP contribution in [0.1, 0.15) is 46.7 Å². The third-order valence-corrected chi connectivity index (χ3v) is 9.67. The van der Waals surface area contributed by atoms with Gasteiger partial charge in [0.15, 0.2) is 35.6 Å². The Hall–Kier alpha value is -3.63. The molecule has 0 radical (unpaired) electrons. The molecule has 3 fully saturated rings. The van der Waals surface area contributed by atoms with E-state index in [4.69, 9.17) is 48.1 Å². The van der Waals surface area contributed by atoms with Crippen LogP contribution in [0.4, 0.5) is 0 Å². The van der Waals surface area contributed by atoms with Gasteiger partial charge in [0.05, 0.1) is 47.0 Å². The van der Waals surface area contributed by atoms with E-state index in [1.807, 2.05) is 0 Å². The second-order valence-corrected chi connectivity index (χ2v) is 12.2. The number of rotatable bonds is 6. The van der Waals surface area contributed by atoms with E-state index in [0.29, 0.717) is 4.88 Å². The predicted molar refractivity (Wildman–Crippen MR) is 156 cm³/mol. The van der Waals surface area contributed by atoms with Gasteiger partial charge in [-0.25, -0.2) is 0 Å². The lowest BCUT2D eigenvalue weighted by atomic mass is 9.66. The number of cyclic esters (lactones) is 1. The minimum Gasteiger partial charge on any atom is -0.502 e. The van der Waals surface area contributed by atoms with Crippen molar-refractivity contribution >= 4 is 17.3 Å². The van der Waals surface area contributed by atoms with Crippen molar-refractivity contribution in [3.05, 3.63) is 63.3 Å². The number of aliphatic hydroxyl groups excluding tert-OH is 2. The van der Waals surface area contributed by atoms with Gasteiger partial charge >= 0.3 is 5.97 Å². The fourth-order valence-electron chi connectivity index (χ4n) is 6.59. The van der Waals surface area contributed by atoms with Gasteiger partial charge < -0.3 is 58.0 Å². The van der Waals surface area contributed by atoms with E-state index >= 15 is 0 Å². The number of ether oxygens (including phenoxy) is 9. The van der Waals surface area contributed by atoms with Gasteiger partial charge in [-0.1, -0.05) is 6.07 Å². The van der Waals surface area contributed by atoms with Gasteiger partial charge in [-0.05, 0) is 52.4 Å². The monoisotopic (exact) mass is 661 g/mol. The van der Waals surface area contributed by atoms with Gasteiger partial charge in [0.1, 0.15) is 27.2 Å². The number of thiophene rings is 1. The molecule has 3 N–H and O–H groups in total. The van der Waals surface area contributed by atoms with Crippen LogP contribution < -0.4 is 18.9 Å². The molecule has 1 aromatic heterocycles. The Labute approximate surface area is 274 Å². The highest BCUT2D eigenvalue weighted by Gasteiger charge is 2.56. The molecule has 46 heavy (non-hydrogen) atoms. The molecule has 13 nitrogen and oxygen atoms in total. The van der Waals surface area contributed by atoms with Crippen molar-refractivity contribution in [2.45, 2.75) is 49.0 Å². The zero-order valence-electron chi connectivity index (χ0n) is 29.3. The Morgan fingerprint density at radius 3 is 2.43 bits per heavy atom. The average Bonchev–Trinajstić information content (AvgIpc) is 3.83. The van der Waals surface area contributed by atoms with Crippen molar-refractivity contribution in [1.82, 2.24) is 0 Å². The smallest absolute Gasteiger partial charge is 0.310 e. The zero-order chi connectivity index (χ0) is 36.2. The van der Waals surface area contributed by atoms with Crippen molar-refractivity contribution in [3.8, 4) is 28.7 Å². The summed E-state index contributed by atoms with van der Waals surface area (Å²) >= 11 is 1.26.